The summed E-state index contributed by atoms with van der Waals surface area (Å²) in [5.74, 6) is 1.78. The summed E-state index contributed by atoms with van der Waals surface area (Å²) in [6.07, 6.45) is 2.22. The highest BCUT2D eigenvalue weighted by Gasteiger charge is 2.25. The smallest absolute Gasteiger partial charge is 0.254 e. The Labute approximate surface area is 158 Å². The number of carbonyl (C=O) groups is 1. The number of methoxy groups -OCH3 is 1. The average Bonchev–Trinajstić information content (AvgIpc) is 2.56. The van der Waals surface area contributed by atoms with E-state index in [9.17, 15) is 4.79 Å². The lowest BCUT2D eigenvalue weighted by Crippen LogP contribution is -2.42. The fraction of sp³-hybridized carbons (Fsp3) is 0.588. The van der Waals surface area contributed by atoms with Gasteiger partial charge in [-0.05, 0) is 67.3 Å². The van der Waals surface area contributed by atoms with Crippen LogP contribution in [0.25, 0.3) is 0 Å². The molecule has 1 amide bonds. The first-order chi connectivity index (χ1) is 11.1. The summed E-state index contributed by atoms with van der Waals surface area (Å²) >= 11 is 3.48. The molecule has 7 heteroatoms. The Morgan fingerprint density at radius 3 is 2.83 bits per heavy atom. The molecule has 5 nitrogen and oxygen atoms in total. The minimum Gasteiger partial charge on any atom is -0.493 e. The van der Waals surface area contributed by atoms with E-state index in [-0.39, 0.29) is 18.3 Å². The van der Waals surface area contributed by atoms with Gasteiger partial charge in [0.2, 0.25) is 0 Å². The molecule has 1 atom stereocenters. The van der Waals surface area contributed by atoms with Crippen molar-refractivity contribution in [2.45, 2.75) is 19.8 Å². The van der Waals surface area contributed by atoms with Gasteiger partial charge in [-0.1, -0.05) is 0 Å². The van der Waals surface area contributed by atoms with Gasteiger partial charge in [0.25, 0.3) is 5.91 Å². The minimum absolute atomic E-state index is 0. The van der Waals surface area contributed by atoms with E-state index in [2.05, 4.69) is 21.2 Å². The molecule has 1 aromatic rings. The Balaban J connectivity index is 0.00000288. The van der Waals surface area contributed by atoms with Crippen LogP contribution in [0.3, 0.4) is 0 Å². The first-order valence-corrected chi connectivity index (χ1v) is 8.84. The number of rotatable bonds is 6. The zero-order chi connectivity index (χ0) is 16.8. The van der Waals surface area contributed by atoms with E-state index in [4.69, 9.17) is 9.47 Å². The van der Waals surface area contributed by atoms with E-state index in [1.165, 1.54) is 6.42 Å². The molecule has 0 bridgehead atoms. The van der Waals surface area contributed by atoms with E-state index in [1.54, 1.807) is 13.2 Å². The number of hydrogen-bond donors (Lipinski definition) is 1. The maximum Gasteiger partial charge on any atom is 0.254 e. The number of piperidine rings is 1. The van der Waals surface area contributed by atoms with E-state index in [1.807, 2.05) is 24.9 Å². The molecule has 2 rings (SSSR count). The van der Waals surface area contributed by atoms with Gasteiger partial charge in [-0.25, -0.2) is 0 Å². The van der Waals surface area contributed by atoms with Gasteiger partial charge < -0.3 is 19.7 Å². The average molecular weight is 422 g/mol. The van der Waals surface area contributed by atoms with Crippen molar-refractivity contribution < 1.29 is 14.3 Å². The number of nitrogens with one attached hydrogen (secondary N) is 1. The van der Waals surface area contributed by atoms with Crippen LogP contribution < -0.4 is 14.8 Å². The molecule has 0 radical (unpaired) electrons. The number of carbonyl (C=O) groups excluding carboxylic acids is 1. The van der Waals surface area contributed by atoms with Gasteiger partial charge >= 0.3 is 0 Å². The summed E-state index contributed by atoms with van der Waals surface area (Å²) in [7, 11) is 3.54. The normalized spacial score (nSPS) is 17.2. The van der Waals surface area contributed by atoms with Crippen LogP contribution in [0.4, 0.5) is 0 Å². The second-order valence-corrected chi connectivity index (χ2v) is 6.59. The second-order valence-electron chi connectivity index (χ2n) is 5.74. The fourth-order valence-electron chi connectivity index (χ4n) is 3.02. The van der Waals surface area contributed by atoms with Gasteiger partial charge in [-0.2, -0.15) is 0 Å². The molecule has 0 aliphatic carbocycles. The van der Waals surface area contributed by atoms with E-state index < -0.39 is 0 Å². The van der Waals surface area contributed by atoms with Crippen molar-refractivity contribution >= 4 is 34.2 Å². The fourth-order valence-corrected chi connectivity index (χ4v) is 3.57. The number of hydrogen-bond acceptors (Lipinski definition) is 4. The summed E-state index contributed by atoms with van der Waals surface area (Å²) in [5, 5.41) is 3.20. The monoisotopic (exact) mass is 420 g/mol. The molecule has 1 unspecified atom stereocenters. The highest BCUT2D eigenvalue weighted by atomic mass is 79.9. The Morgan fingerprint density at radius 2 is 2.21 bits per heavy atom. The van der Waals surface area contributed by atoms with Crippen LogP contribution in [0, 0.1) is 5.92 Å². The third-order valence-corrected chi connectivity index (χ3v) is 4.65. The van der Waals surface area contributed by atoms with Crippen LogP contribution in [0.5, 0.6) is 11.5 Å². The molecule has 1 aromatic carbocycles. The largest absolute Gasteiger partial charge is 0.493 e. The third kappa shape index (κ3) is 5.01. The van der Waals surface area contributed by atoms with Gasteiger partial charge in [0.15, 0.2) is 11.5 Å². The number of halogens is 2. The Kier molecular flexibility index (Phi) is 8.87. The predicted molar refractivity (Wildman–Crippen MR) is 102 cm³/mol. The zero-order valence-electron chi connectivity index (χ0n) is 14.4. The standard InChI is InChI=1S/C17H25BrN2O3.ClH/c1-4-23-16-14(18)8-13(9-15(16)22-3)17(21)20-7-5-6-12(11-20)10-19-2;/h8-9,12,19H,4-7,10-11H2,1-3H3;1H. The Morgan fingerprint density at radius 1 is 1.46 bits per heavy atom. The van der Waals surface area contributed by atoms with Gasteiger partial charge in [-0.3, -0.25) is 4.79 Å². The van der Waals surface area contributed by atoms with Crippen molar-refractivity contribution in [1.29, 1.82) is 0 Å². The number of likely N-dealkylation sites (tertiary alicyclic amines) is 1. The van der Waals surface area contributed by atoms with E-state index >= 15 is 0 Å². The molecule has 1 fully saturated rings. The van der Waals surface area contributed by atoms with Crippen LogP contribution in [0.15, 0.2) is 16.6 Å². The van der Waals surface area contributed by atoms with E-state index in [0.29, 0.717) is 29.6 Å². The first kappa shape index (κ1) is 21.1. The molecule has 1 N–H and O–H groups in total. The summed E-state index contributed by atoms with van der Waals surface area (Å²) in [5.41, 5.74) is 0.627. The highest BCUT2D eigenvalue weighted by Crippen LogP contribution is 2.37. The lowest BCUT2D eigenvalue weighted by molar-refractivity contribution is 0.0673. The van der Waals surface area contributed by atoms with Crippen molar-refractivity contribution in [3.8, 4) is 11.5 Å². The van der Waals surface area contributed by atoms with Crippen LogP contribution >= 0.6 is 28.3 Å². The number of nitrogens with zero attached hydrogens (tertiary/aromatic N) is 1. The lowest BCUT2D eigenvalue weighted by atomic mass is 9.97. The molecule has 0 aromatic heterocycles. The Bertz CT molecular complexity index is 555. The molecule has 136 valence electrons. The van der Waals surface area contributed by atoms with Crippen molar-refractivity contribution in [3.05, 3.63) is 22.2 Å². The van der Waals surface area contributed by atoms with Crippen LogP contribution in [0.2, 0.25) is 0 Å². The second kappa shape index (κ2) is 10.1. The maximum atomic E-state index is 12.8. The molecular formula is C17H26BrClN2O3. The van der Waals surface area contributed by atoms with Crippen LogP contribution in [0.1, 0.15) is 30.1 Å². The van der Waals surface area contributed by atoms with Gasteiger partial charge in [-0.15, -0.1) is 12.4 Å². The quantitative estimate of drug-likeness (QED) is 0.765. The lowest BCUT2D eigenvalue weighted by Gasteiger charge is -2.33. The van der Waals surface area contributed by atoms with Crippen molar-refractivity contribution in [2.24, 2.45) is 5.92 Å². The van der Waals surface area contributed by atoms with Crippen molar-refractivity contribution in [2.75, 3.05) is 40.4 Å². The molecular weight excluding hydrogens is 396 g/mol. The SMILES string of the molecule is CCOc1c(Br)cc(C(=O)N2CCCC(CNC)C2)cc1OC.Cl. The summed E-state index contributed by atoms with van der Waals surface area (Å²) < 4.78 is 11.7. The third-order valence-electron chi connectivity index (χ3n) is 4.06. The predicted octanol–water partition coefficient (Wildman–Crippen LogP) is 3.35. The molecule has 1 aliphatic heterocycles. The number of benzene rings is 1. The number of ether oxygens (including phenoxy) is 2. The summed E-state index contributed by atoms with van der Waals surface area (Å²) in [6.45, 7) is 5.01. The van der Waals surface area contributed by atoms with Gasteiger partial charge in [0, 0.05) is 18.7 Å². The van der Waals surface area contributed by atoms with Gasteiger partial charge in [0.1, 0.15) is 0 Å². The summed E-state index contributed by atoms with van der Waals surface area (Å²) in [4.78, 5) is 14.8. The van der Waals surface area contributed by atoms with Crippen molar-refractivity contribution in [1.82, 2.24) is 10.2 Å². The number of amides is 1. The van der Waals surface area contributed by atoms with Crippen molar-refractivity contribution in [3.63, 3.8) is 0 Å². The Hall–Kier alpha value is -0.980. The topological polar surface area (TPSA) is 50.8 Å². The minimum atomic E-state index is 0. The highest BCUT2D eigenvalue weighted by molar-refractivity contribution is 9.10. The first-order valence-electron chi connectivity index (χ1n) is 8.04. The van der Waals surface area contributed by atoms with Crippen LogP contribution in [-0.4, -0.2) is 51.2 Å². The van der Waals surface area contributed by atoms with Crippen LogP contribution in [-0.2, 0) is 0 Å². The molecule has 1 saturated heterocycles. The summed E-state index contributed by atoms with van der Waals surface area (Å²) in [6, 6.07) is 3.58. The molecule has 0 saturated carbocycles. The molecule has 0 spiro atoms. The maximum absolute atomic E-state index is 12.8. The molecule has 24 heavy (non-hydrogen) atoms. The molecule has 1 heterocycles. The molecule has 1 aliphatic rings. The van der Waals surface area contributed by atoms with Gasteiger partial charge in [0.05, 0.1) is 18.2 Å². The van der Waals surface area contributed by atoms with E-state index in [0.717, 1.165) is 30.5 Å². The zero-order valence-corrected chi connectivity index (χ0v) is 16.8.